The van der Waals surface area contributed by atoms with E-state index in [0.29, 0.717) is 10.8 Å². The predicted molar refractivity (Wildman–Crippen MR) is 63.8 cm³/mol. The minimum absolute atomic E-state index is 0.524. The molecular weight excluding hydrogens is 184 g/mol. The molecule has 1 nitrogen and oxygen atoms in total. The third-order valence-electron chi connectivity index (χ3n) is 5.31. The molecule has 1 aliphatic heterocycles. The van der Waals surface area contributed by atoms with Gasteiger partial charge in [-0.3, -0.25) is 0 Å². The van der Waals surface area contributed by atoms with Gasteiger partial charge in [0.25, 0.3) is 0 Å². The zero-order valence-electron chi connectivity index (χ0n) is 10.8. The molecule has 0 aromatic carbocycles. The monoisotopic (exact) mass is 210 g/mol. The molecule has 1 saturated heterocycles. The number of hydrogen-bond acceptors (Lipinski definition) is 1. The van der Waals surface area contributed by atoms with Crippen molar-refractivity contribution in [2.75, 3.05) is 13.2 Å². The van der Waals surface area contributed by atoms with Crippen LogP contribution < -0.4 is 0 Å². The summed E-state index contributed by atoms with van der Waals surface area (Å²) in [7, 11) is 0. The maximum Gasteiger partial charge on any atom is 0.0468 e. The molecule has 0 aromatic heterocycles. The fourth-order valence-electron chi connectivity index (χ4n) is 3.46. The largest absolute Gasteiger partial charge is 0.381 e. The summed E-state index contributed by atoms with van der Waals surface area (Å²) in [5.74, 6) is 1.90. The van der Waals surface area contributed by atoms with Crippen molar-refractivity contribution in [3.05, 3.63) is 0 Å². The molecule has 0 bridgehead atoms. The fraction of sp³-hybridized carbons (Fsp3) is 1.00. The molecule has 2 aliphatic rings. The highest BCUT2D eigenvalue weighted by atomic mass is 16.5. The molecule has 0 N–H and O–H groups in total. The Bertz CT molecular complexity index is 207. The lowest BCUT2D eigenvalue weighted by Crippen LogP contribution is -2.25. The number of ether oxygens (including phenoxy) is 1. The van der Waals surface area contributed by atoms with Gasteiger partial charge in [0.05, 0.1) is 0 Å². The van der Waals surface area contributed by atoms with Crippen molar-refractivity contribution < 1.29 is 4.74 Å². The molecule has 0 atom stereocenters. The molecule has 1 heteroatoms. The van der Waals surface area contributed by atoms with Crippen molar-refractivity contribution in [1.29, 1.82) is 0 Å². The molecule has 0 amide bonds. The van der Waals surface area contributed by atoms with E-state index < -0.39 is 0 Å². The van der Waals surface area contributed by atoms with Gasteiger partial charge in [-0.2, -0.15) is 0 Å². The van der Waals surface area contributed by atoms with Crippen LogP contribution >= 0.6 is 0 Å². The Hall–Kier alpha value is -0.0400. The Balaban J connectivity index is 2.02. The van der Waals surface area contributed by atoms with E-state index in [-0.39, 0.29) is 0 Å². The first-order valence-corrected chi connectivity index (χ1v) is 6.50. The van der Waals surface area contributed by atoms with Gasteiger partial charge in [-0.1, -0.05) is 27.7 Å². The van der Waals surface area contributed by atoms with E-state index in [1.54, 1.807) is 0 Å². The second kappa shape index (κ2) is 3.76. The SMILES string of the molecule is CC1(C)CC(C2CCOCC2)CC1(C)C. The van der Waals surface area contributed by atoms with Gasteiger partial charge in [0.2, 0.25) is 0 Å². The molecule has 88 valence electrons. The topological polar surface area (TPSA) is 9.23 Å². The smallest absolute Gasteiger partial charge is 0.0468 e. The molecule has 0 aromatic rings. The van der Waals surface area contributed by atoms with Gasteiger partial charge >= 0.3 is 0 Å². The lowest BCUT2D eigenvalue weighted by atomic mass is 9.71. The highest BCUT2D eigenvalue weighted by molar-refractivity contribution is 4.97. The van der Waals surface area contributed by atoms with Gasteiger partial charge in [-0.25, -0.2) is 0 Å². The Labute approximate surface area is 94.6 Å². The predicted octanol–water partition coefficient (Wildman–Crippen LogP) is 3.88. The first kappa shape index (κ1) is 11.4. The van der Waals surface area contributed by atoms with Crippen molar-refractivity contribution in [2.45, 2.75) is 53.4 Å². The summed E-state index contributed by atoms with van der Waals surface area (Å²) < 4.78 is 5.46. The lowest BCUT2D eigenvalue weighted by Gasteiger charge is -2.34. The van der Waals surface area contributed by atoms with E-state index in [4.69, 9.17) is 4.74 Å². The summed E-state index contributed by atoms with van der Waals surface area (Å²) in [6, 6.07) is 0. The Morgan fingerprint density at radius 2 is 1.27 bits per heavy atom. The zero-order valence-corrected chi connectivity index (χ0v) is 10.8. The van der Waals surface area contributed by atoms with Gasteiger partial charge < -0.3 is 4.74 Å². The van der Waals surface area contributed by atoms with Crippen molar-refractivity contribution in [3.63, 3.8) is 0 Å². The number of rotatable bonds is 1. The molecule has 1 aliphatic carbocycles. The highest BCUT2D eigenvalue weighted by Crippen LogP contribution is 2.57. The summed E-state index contributed by atoms with van der Waals surface area (Å²) in [6.45, 7) is 11.8. The third kappa shape index (κ3) is 2.08. The molecule has 0 radical (unpaired) electrons. The van der Waals surface area contributed by atoms with Crippen LogP contribution in [-0.2, 0) is 4.74 Å². The van der Waals surface area contributed by atoms with E-state index in [0.717, 1.165) is 25.0 Å². The summed E-state index contributed by atoms with van der Waals surface area (Å²) in [4.78, 5) is 0. The Morgan fingerprint density at radius 3 is 1.73 bits per heavy atom. The average Bonchev–Trinajstić information content (AvgIpc) is 2.38. The van der Waals surface area contributed by atoms with Crippen LogP contribution in [-0.4, -0.2) is 13.2 Å². The molecule has 0 spiro atoms. The molecule has 0 unspecified atom stereocenters. The minimum atomic E-state index is 0.524. The van der Waals surface area contributed by atoms with Crippen molar-refractivity contribution in [2.24, 2.45) is 22.7 Å². The quantitative estimate of drug-likeness (QED) is 0.638. The van der Waals surface area contributed by atoms with Crippen LogP contribution in [0.15, 0.2) is 0 Å². The van der Waals surface area contributed by atoms with Gasteiger partial charge in [0.15, 0.2) is 0 Å². The van der Waals surface area contributed by atoms with Crippen LogP contribution in [0.4, 0.5) is 0 Å². The Kier molecular flexibility index (Phi) is 2.87. The zero-order chi connectivity index (χ0) is 11.1. The van der Waals surface area contributed by atoms with Crippen molar-refractivity contribution in [3.8, 4) is 0 Å². The second-order valence-corrected chi connectivity index (χ2v) is 6.89. The molecule has 1 saturated carbocycles. The van der Waals surface area contributed by atoms with Gasteiger partial charge in [0.1, 0.15) is 0 Å². The van der Waals surface area contributed by atoms with Crippen LogP contribution in [0.2, 0.25) is 0 Å². The van der Waals surface area contributed by atoms with Crippen molar-refractivity contribution in [1.82, 2.24) is 0 Å². The maximum atomic E-state index is 5.46. The molecule has 2 rings (SSSR count). The van der Waals surface area contributed by atoms with Crippen LogP contribution in [0, 0.1) is 22.7 Å². The number of hydrogen-bond donors (Lipinski definition) is 0. The van der Waals surface area contributed by atoms with E-state index in [1.165, 1.54) is 25.7 Å². The molecule has 2 fully saturated rings. The van der Waals surface area contributed by atoms with Crippen LogP contribution in [0.25, 0.3) is 0 Å². The normalized spacial score (nSPS) is 32.0. The van der Waals surface area contributed by atoms with E-state index >= 15 is 0 Å². The van der Waals surface area contributed by atoms with E-state index in [2.05, 4.69) is 27.7 Å². The first-order chi connectivity index (χ1) is 6.92. The standard InChI is InChI=1S/C14H26O/c1-13(2)9-12(10-14(13,3)4)11-5-7-15-8-6-11/h11-12H,5-10H2,1-4H3. The first-order valence-electron chi connectivity index (χ1n) is 6.50. The lowest BCUT2D eigenvalue weighted by molar-refractivity contribution is 0.0455. The summed E-state index contributed by atoms with van der Waals surface area (Å²) in [6.07, 6.45) is 5.45. The van der Waals surface area contributed by atoms with Crippen LogP contribution in [0.5, 0.6) is 0 Å². The summed E-state index contributed by atoms with van der Waals surface area (Å²) >= 11 is 0. The van der Waals surface area contributed by atoms with Crippen LogP contribution in [0.1, 0.15) is 53.4 Å². The maximum absolute atomic E-state index is 5.46. The van der Waals surface area contributed by atoms with Crippen LogP contribution in [0.3, 0.4) is 0 Å². The van der Waals surface area contributed by atoms with Gasteiger partial charge in [-0.05, 0) is 48.3 Å². The second-order valence-electron chi connectivity index (χ2n) is 6.89. The van der Waals surface area contributed by atoms with E-state index in [1.807, 2.05) is 0 Å². The molecule has 15 heavy (non-hydrogen) atoms. The molecular formula is C14H26O. The summed E-state index contributed by atoms with van der Waals surface area (Å²) in [5, 5.41) is 0. The highest BCUT2D eigenvalue weighted by Gasteiger charge is 2.48. The van der Waals surface area contributed by atoms with Gasteiger partial charge in [0, 0.05) is 13.2 Å². The van der Waals surface area contributed by atoms with Gasteiger partial charge in [-0.15, -0.1) is 0 Å². The minimum Gasteiger partial charge on any atom is -0.381 e. The molecule has 1 heterocycles. The van der Waals surface area contributed by atoms with E-state index in [9.17, 15) is 0 Å². The summed E-state index contributed by atoms with van der Waals surface area (Å²) in [5.41, 5.74) is 1.05. The third-order valence-corrected chi connectivity index (χ3v) is 5.31. The average molecular weight is 210 g/mol. The van der Waals surface area contributed by atoms with Crippen molar-refractivity contribution >= 4 is 0 Å². The Morgan fingerprint density at radius 1 is 0.800 bits per heavy atom. The fourth-order valence-corrected chi connectivity index (χ4v) is 3.46.